The third-order valence-electron chi connectivity index (χ3n) is 4.13. The van der Waals surface area contributed by atoms with Gasteiger partial charge in [-0.15, -0.1) is 0 Å². The monoisotopic (exact) mass is 427 g/mol. The molecule has 0 spiro atoms. The van der Waals surface area contributed by atoms with E-state index in [0.717, 1.165) is 16.8 Å². The third kappa shape index (κ3) is 6.57. The minimum atomic E-state index is -5.08. The molecule has 0 atom stereocenters. The van der Waals surface area contributed by atoms with Crippen LogP contribution in [0.5, 0.6) is 5.88 Å². The van der Waals surface area contributed by atoms with Crippen molar-refractivity contribution in [3.05, 3.63) is 47.7 Å². The first-order valence-electron chi connectivity index (χ1n) is 8.81. The molecular weight excluding hydrogens is 407 g/mol. The topological polar surface area (TPSA) is 118 Å². The number of halogens is 3. The van der Waals surface area contributed by atoms with Crippen molar-refractivity contribution in [1.29, 1.82) is 0 Å². The first-order valence-corrected chi connectivity index (χ1v) is 8.81. The Bertz CT molecular complexity index is 865. The number of nitrogens with one attached hydrogen (secondary N) is 1. The van der Waals surface area contributed by atoms with E-state index in [4.69, 9.17) is 14.6 Å². The van der Waals surface area contributed by atoms with Gasteiger partial charge in [0.2, 0.25) is 5.88 Å². The van der Waals surface area contributed by atoms with Crippen LogP contribution in [0.3, 0.4) is 0 Å². The largest absolute Gasteiger partial charge is 0.490 e. The molecule has 2 amide bonds. The highest BCUT2D eigenvalue weighted by atomic mass is 19.4. The van der Waals surface area contributed by atoms with E-state index in [-0.39, 0.29) is 6.03 Å². The van der Waals surface area contributed by atoms with E-state index in [1.807, 2.05) is 12.1 Å². The van der Waals surface area contributed by atoms with E-state index in [1.54, 1.807) is 24.4 Å². The van der Waals surface area contributed by atoms with Gasteiger partial charge in [0.15, 0.2) is 0 Å². The number of urea groups is 1. The summed E-state index contributed by atoms with van der Waals surface area (Å²) < 4.78 is 37.0. The average Bonchev–Trinajstić information content (AvgIpc) is 2.95. The number of carbonyl (C=O) groups excluding carboxylic acids is 1. The molecule has 3 heterocycles. The van der Waals surface area contributed by atoms with Gasteiger partial charge in [-0.2, -0.15) is 13.2 Å². The zero-order valence-electron chi connectivity index (χ0n) is 16.0. The van der Waals surface area contributed by atoms with Gasteiger partial charge in [0.1, 0.15) is 6.33 Å². The van der Waals surface area contributed by atoms with Crippen molar-refractivity contribution in [3.63, 3.8) is 0 Å². The fourth-order valence-electron chi connectivity index (χ4n) is 2.67. The molecule has 30 heavy (non-hydrogen) atoms. The van der Waals surface area contributed by atoms with Crippen LogP contribution in [0.1, 0.15) is 16.8 Å². The number of fused-ring (bicyclic) bond motifs is 1. The van der Waals surface area contributed by atoms with Crippen LogP contribution >= 0.6 is 0 Å². The molecule has 12 heteroatoms. The number of rotatable bonds is 3. The molecule has 0 bridgehead atoms. The maximum Gasteiger partial charge on any atom is 0.490 e. The molecule has 2 N–H and O–H groups in total. The maximum absolute atomic E-state index is 12.4. The summed E-state index contributed by atoms with van der Waals surface area (Å²) >= 11 is 0. The van der Waals surface area contributed by atoms with Crippen molar-refractivity contribution in [1.82, 2.24) is 25.2 Å². The fraction of sp³-hybridized carbons (Fsp3) is 0.389. The summed E-state index contributed by atoms with van der Waals surface area (Å²) in [6.07, 6.45) is 1.29. The average molecular weight is 427 g/mol. The molecule has 0 saturated heterocycles. The summed E-state index contributed by atoms with van der Waals surface area (Å²) in [4.78, 5) is 35.6. The molecule has 0 fully saturated rings. The van der Waals surface area contributed by atoms with Crippen LogP contribution < -0.4 is 10.1 Å². The summed E-state index contributed by atoms with van der Waals surface area (Å²) in [5.41, 5.74) is 2.93. The molecule has 0 aliphatic carbocycles. The number of ether oxygens (including phenoxy) is 1. The third-order valence-corrected chi connectivity index (χ3v) is 4.13. The van der Waals surface area contributed by atoms with Crippen molar-refractivity contribution >= 4 is 12.0 Å². The Balaban J connectivity index is 0.000000396. The second kappa shape index (κ2) is 10.4. The van der Waals surface area contributed by atoms with Crippen LogP contribution in [-0.2, 0) is 24.2 Å². The predicted octanol–water partition coefficient (Wildman–Crippen LogP) is 1.82. The minimum absolute atomic E-state index is 0.0754. The smallest absolute Gasteiger partial charge is 0.481 e. The molecule has 1 aliphatic rings. The molecular formula is C18H20F3N5O4. The minimum Gasteiger partial charge on any atom is -0.481 e. The van der Waals surface area contributed by atoms with E-state index in [1.165, 1.54) is 6.33 Å². The number of carboxylic acids is 1. The van der Waals surface area contributed by atoms with E-state index in [0.29, 0.717) is 38.4 Å². The summed E-state index contributed by atoms with van der Waals surface area (Å²) in [7, 11) is 1.60. The molecule has 0 radical (unpaired) electrons. The van der Waals surface area contributed by atoms with Crippen LogP contribution in [0.15, 0.2) is 30.9 Å². The molecule has 0 aromatic carbocycles. The predicted molar refractivity (Wildman–Crippen MR) is 97.7 cm³/mol. The van der Waals surface area contributed by atoms with Crippen LogP contribution in [0.4, 0.5) is 18.0 Å². The molecule has 162 valence electrons. The zero-order chi connectivity index (χ0) is 22.1. The Morgan fingerprint density at radius 3 is 2.57 bits per heavy atom. The second-order valence-corrected chi connectivity index (χ2v) is 6.12. The lowest BCUT2D eigenvalue weighted by Gasteiger charge is -2.20. The molecule has 9 nitrogen and oxygen atoms in total. The van der Waals surface area contributed by atoms with Crippen LogP contribution in [0, 0.1) is 0 Å². The first kappa shape index (κ1) is 22.8. The Morgan fingerprint density at radius 1 is 1.27 bits per heavy atom. The van der Waals surface area contributed by atoms with Gasteiger partial charge in [-0.25, -0.2) is 19.6 Å². The molecule has 2 aromatic rings. The molecule has 2 aromatic heterocycles. The highest BCUT2D eigenvalue weighted by molar-refractivity contribution is 5.74. The van der Waals surface area contributed by atoms with Crippen LogP contribution in [0.2, 0.25) is 0 Å². The van der Waals surface area contributed by atoms with Crippen molar-refractivity contribution in [2.24, 2.45) is 0 Å². The number of alkyl halides is 3. The van der Waals surface area contributed by atoms with Gasteiger partial charge >= 0.3 is 18.2 Å². The Labute approximate surface area is 169 Å². The lowest BCUT2D eigenvalue weighted by molar-refractivity contribution is -0.192. The van der Waals surface area contributed by atoms with E-state index < -0.39 is 12.1 Å². The van der Waals surface area contributed by atoms with Crippen molar-refractivity contribution < 1.29 is 32.6 Å². The van der Waals surface area contributed by atoms with Gasteiger partial charge in [-0.3, -0.25) is 4.98 Å². The molecule has 1 aliphatic heterocycles. The van der Waals surface area contributed by atoms with Crippen molar-refractivity contribution in [3.8, 4) is 5.88 Å². The van der Waals surface area contributed by atoms with Gasteiger partial charge in [-0.05, 0) is 18.1 Å². The first-order chi connectivity index (χ1) is 14.2. The standard InChI is InChI=1S/C16H19N5O2.C2HF3O2/c1-23-15-13-4-7-21(8-5-14(13)19-11-20-15)16(22)18-10-12-3-2-6-17-9-12;3-2(4,5)1(6)7/h2-3,6,9,11H,4-5,7-8,10H2,1H3,(H,18,22);(H,6,7). The summed E-state index contributed by atoms with van der Waals surface area (Å²) in [5, 5.41) is 10.1. The van der Waals surface area contributed by atoms with Crippen molar-refractivity contribution in [2.75, 3.05) is 20.2 Å². The quantitative estimate of drug-likeness (QED) is 0.767. The summed E-state index contributed by atoms with van der Waals surface area (Å²) in [6, 6.07) is 3.72. The summed E-state index contributed by atoms with van der Waals surface area (Å²) in [6.45, 7) is 1.72. The lowest BCUT2D eigenvalue weighted by atomic mass is 10.1. The Kier molecular flexibility index (Phi) is 7.90. The highest BCUT2D eigenvalue weighted by Gasteiger charge is 2.38. The SMILES string of the molecule is COc1ncnc2c1CCN(C(=O)NCc1cccnc1)CC2.O=C(O)C(F)(F)F. The number of pyridine rings is 1. The number of carboxylic acid groups (broad SMARTS) is 1. The summed E-state index contributed by atoms with van der Waals surface area (Å²) in [5.74, 6) is -2.15. The molecule has 0 saturated carbocycles. The lowest BCUT2D eigenvalue weighted by Crippen LogP contribution is -2.41. The van der Waals surface area contributed by atoms with Crippen LogP contribution in [0.25, 0.3) is 0 Å². The Hall–Kier alpha value is -3.44. The van der Waals surface area contributed by atoms with Gasteiger partial charge in [0.25, 0.3) is 0 Å². The number of nitrogens with zero attached hydrogens (tertiary/aromatic N) is 4. The fourth-order valence-corrected chi connectivity index (χ4v) is 2.67. The number of hydrogen-bond donors (Lipinski definition) is 2. The van der Waals surface area contributed by atoms with Crippen molar-refractivity contribution in [2.45, 2.75) is 25.6 Å². The van der Waals surface area contributed by atoms with Gasteiger partial charge in [0, 0.05) is 44.0 Å². The normalized spacial score (nSPS) is 13.3. The number of aromatic nitrogens is 3. The molecule has 0 unspecified atom stereocenters. The molecule has 3 rings (SSSR count). The van der Waals surface area contributed by atoms with Gasteiger partial charge in [0.05, 0.1) is 12.8 Å². The van der Waals surface area contributed by atoms with E-state index in [2.05, 4.69) is 20.3 Å². The highest BCUT2D eigenvalue weighted by Crippen LogP contribution is 2.21. The Morgan fingerprint density at radius 2 is 1.97 bits per heavy atom. The van der Waals surface area contributed by atoms with E-state index in [9.17, 15) is 18.0 Å². The number of amides is 2. The number of aliphatic carboxylic acids is 1. The number of carbonyl (C=O) groups is 2. The van der Waals surface area contributed by atoms with Crippen LogP contribution in [-0.4, -0.2) is 63.3 Å². The van der Waals surface area contributed by atoms with Gasteiger partial charge < -0.3 is 20.1 Å². The zero-order valence-corrected chi connectivity index (χ0v) is 16.0. The van der Waals surface area contributed by atoms with E-state index >= 15 is 0 Å². The van der Waals surface area contributed by atoms with Gasteiger partial charge in [-0.1, -0.05) is 6.07 Å². The number of hydrogen-bond acceptors (Lipinski definition) is 6. The number of methoxy groups -OCH3 is 1. The maximum atomic E-state index is 12.4. The second-order valence-electron chi connectivity index (χ2n) is 6.12.